The average molecular weight is 240 g/mol. The Hall–Kier alpha value is -0.790. The lowest BCUT2D eigenvalue weighted by Crippen LogP contribution is -2.14. The molecular formula is C15H28O2. The fraction of sp³-hybridized carbons (Fsp3) is 0.800. The van der Waals surface area contributed by atoms with Gasteiger partial charge in [-0.1, -0.05) is 64.9 Å². The fourth-order valence-corrected chi connectivity index (χ4v) is 1.93. The molecule has 0 atom stereocenters. The number of hydrogen-bond donors (Lipinski definition) is 1. The first-order valence-electron chi connectivity index (χ1n) is 6.82. The smallest absolute Gasteiger partial charge is 0.328 e. The van der Waals surface area contributed by atoms with Crippen molar-refractivity contribution < 1.29 is 9.90 Å². The van der Waals surface area contributed by atoms with E-state index in [0.29, 0.717) is 0 Å². The Morgan fingerprint density at radius 1 is 1.12 bits per heavy atom. The summed E-state index contributed by atoms with van der Waals surface area (Å²) in [5, 5.41) is 8.74. The summed E-state index contributed by atoms with van der Waals surface area (Å²) in [7, 11) is 0. The van der Waals surface area contributed by atoms with Gasteiger partial charge >= 0.3 is 5.97 Å². The molecule has 0 aromatic rings. The van der Waals surface area contributed by atoms with Crippen LogP contribution in [0.25, 0.3) is 0 Å². The Labute approximate surface area is 106 Å². The van der Waals surface area contributed by atoms with Crippen LogP contribution in [-0.4, -0.2) is 11.1 Å². The molecule has 0 radical (unpaired) electrons. The lowest BCUT2D eigenvalue weighted by atomic mass is 9.80. The highest BCUT2D eigenvalue weighted by Gasteiger charge is 2.20. The standard InChI is InChI=1S/C15H28O2/c1-5-6-7-8-9-10-11-15(3,4)13(2)12-14(16)17/h12H,5-11H2,1-4H3,(H,16,17). The van der Waals surface area contributed by atoms with Gasteiger partial charge in [-0.3, -0.25) is 0 Å². The monoisotopic (exact) mass is 240 g/mol. The maximum Gasteiger partial charge on any atom is 0.328 e. The van der Waals surface area contributed by atoms with Gasteiger partial charge in [-0.05, 0) is 18.8 Å². The van der Waals surface area contributed by atoms with Crippen LogP contribution in [0.1, 0.15) is 72.6 Å². The molecule has 1 N–H and O–H groups in total. The maximum atomic E-state index is 10.6. The first-order valence-corrected chi connectivity index (χ1v) is 6.82. The normalized spacial score (nSPS) is 12.8. The number of allylic oxidation sites excluding steroid dienone is 1. The third-order valence-electron chi connectivity index (χ3n) is 3.56. The van der Waals surface area contributed by atoms with Crippen LogP contribution in [0.2, 0.25) is 0 Å². The molecule has 0 aromatic heterocycles. The van der Waals surface area contributed by atoms with Crippen molar-refractivity contribution in [1.82, 2.24) is 0 Å². The second-order valence-electron chi connectivity index (χ2n) is 5.57. The summed E-state index contributed by atoms with van der Waals surface area (Å²) in [6.07, 6.45) is 10.1. The van der Waals surface area contributed by atoms with Gasteiger partial charge in [-0.15, -0.1) is 0 Å². The van der Waals surface area contributed by atoms with Crippen LogP contribution >= 0.6 is 0 Å². The summed E-state index contributed by atoms with van der Waals surface area (Å²) in [5.74, 6) is -0.835. The third kappa shape index (κ3) is 8.00. The number of unbranched alkanes of at least 4 members (excludes halogenated alkanes) is 5. The molecule has 0 heterocycles. The zero-order valence-corrected chi connectivity index (χ0v) is 11.9. The van der Waals surface area contributed by atoms with E-state index in [9.17, 15) is 4.79 Å². The van der Waals surface area contributed by atoms with Crippen LogP contribution in [0.4, 0.5) is 0 Å². The minimum atomic E-state index is -0.835. The van der Waals surface area contributed by atoms with Crippen molar-refractivity contribution in [3.63, 3.8) is 0 Å². The summed E-state index contributed by atoms with van der Waals surface area (Å²) in [4.78, 5) is 10.6. The third-order valence-corrected chi connectivity index (χ3v) is 3.56. The van der Waals surface area contributed by atoms with Crippen molar-refractivity contribution in [3.8, 4) is 0 Å². The van der Waals surface area contributed by atoms with Crippen LogP contribution < -0.4 is 0 Å². The molecule has 0 aliphatic heterocycles. The van der Waals surface area contributed by atoms with Crippen LogP contribution in [-0.2, 0) is 4.79 Å². The molecule has 0 saturated carbocycles. The molecule has 0 bridgehead atoms. The predicted molar refractivity (Wildman–Crippen MR) is 73.2 cm³/mol. The summed E-state index contributed by atoms with van der Waals surface area (Å²) in [6.45, 7) is 8.41. The van der Waals surface area contributed by atoms with Crippen LogP contribution in [0, 0.1) is 5.41 Å². The van der Waals surface area contributed by atoms with Crippen molar-refractivity contribution >= 4 is 5.97 Å². The van der Waals surface area contributed by atoms with Gasteiger partial charge in [0, 0.05) is 6.08 Å². The van der Waals surface area contributed by atoms with E-state index in [4.69, 9.17) is 5.11 Å². The highest BCUT2D eigenvalue weighted by Crippen LogP contribution is 2.32. The minimum Gasteiger partial charge on any atom is -0.478 e. The number of carboxylic acid groups (broad SMARTS) is 1. The summed E-state index contributed by atoms with van der Waals surface area (Å²) >= 11 is 0. The zero-order chi connectivity index (χ0) is 13.3. The van der Waals surface area contributed by atoms with E-state index in [-0.39, 0.29) is 5.41 Å². The van der Waals surface area contributed by atoms with Crippen molar-refractivity contribution in [3.05, 3.63) is 11.6 Å². The lowest BCUT2D eigenvalue weighted by Gasteiger charge is -2.25. The fourth-order valence-electron chi connectivity index (χ4n) is 1.93. The maximum absolute atomic E-state index is 10.6. The van der Waals surface area contributed by atoms with E-state index in [1.165, 1.54) is 44.6 Å². The molecule has 0 amide bonds. The zero-order valence-electron chi connectivity index (χ0n) is 11.9. The molecule has 0 aliphatic rings. The molecule has 0 aromatic carbocycles. The molecule has 0 spiro atoms. The second-order valence-corrected chi connectivity index (χ2v) is 5.57. The molecule has 100 valence electrons. The van der Waals surface area contributed by atoms with Gasteiger partial charge < -0.3 is 5.11 Å². The highest BCUT2D eigenvalue weighted by atomic mass is 16.4. The molecule has 2 heteroatoms. The van der Waals surface area contributed by atoms with Crippen molar-refractivity contribution in [2.75, 3.05) is 0 Å². The van der Waals surface area contributed by atoms with E-state index in [0.717, 1.165) is 12.0 Å². The van der Waals surface area contributed by atoms with E-state index < -0.39 is 5.97 Å². The van der Waals surface area contributed by atoms with Crippen molar-refractivity contribution in [2.45, 2.75) is 72.6 Å². The molecule has 0 unspecified atom stereocenters. The van der Waals surface area contributed by atoms with Gasteiger partial charge in [-0.25, -0.2) is 4.79 Å². The van der Waals surface area contributed by atoms with E-state index in [2.05, 4.69) is 20.8 Å². The van der Waals surface area contributed by atoms with Gasteiger partial charge in [0.25, 0.3) is 0 Å². The van der Waals surface area contributed by atoms with Gasteiger partial charge in [0.2, 0.25) is 0 Å². The predicted octanol–water partition coefficient (Wildman–Crippen LogP) is 4.79. The SMILES string of the molecule is CCCCCCCCC(C)(C)C(C)=CC(=O)O. The highest BCUT2D eigenvalue weighted by molar-refractivity contribution is 5.80. The molecule has 0 aliphatic carbocycles. The van der Waals surface area contributed by atoms with Gasteiger partial charge in [0.15, 0.2) is 0 Å². The number of rotatable bonds is 9. The van der Waals surface area contributed by atoms with E-state index >= 15 is 0 Å². The number of carbonyl (C=O) groups is 1. The van der Waals surface area contributed by atoms with Crippen LogP contribution in [0.5, 0.6) is 0 Å². The number of carboxylic acids is 1. The molecule has 0 saturated heterocycles. The van der Waals surface area contributed by atoms with E-state index in [1.54, 1.807) is 0 Å². The average Bonchev–Trinajstić information content (AvgIpc) is 2.22. The topological polar surface area (TPSA) is 37.3 Å². The molecule has 0 fully saturated rings. The largest absolute Gasteiger partial charge is 0.478 e. The van der Waals surface area contributed by atoms with Gasteiger partial charge in [0.05, 0.1) is 0 Å². The Kier molecular flexibility index (Phi) is 7.94. The van der Waals surface area contributed by atoms with Gasteiger partial charge in [-0.2, -0.15) is 0 Å². The Morgan fingerprint density at radius 2 is 1.65 bits per heavy atom. The van der Waals surface area contributed by atoms with Crippen LogP contribution in [0.15, 0.2) is 11.6 Å². The molecule has 0 rings (SSSR count). The Morgan fingerprint density at radius 3 is 2.18 bits per heavy atom. The Bertz CT molecular complexity index is 252. The summed E-state index contributed by atoms with van der Waals surface area (Å²) in [5.41, 5.74) is 0.988. The minimum absolute atomic E-state index is 0.0170. The van der Waals surface area contributed by atoms with Gasteiger partial charge in [0.1, 0.15) is 0 Å². The quantitative estimate of drug-likeness (QED) is 0.464. The van der Waals surface area contributed by atoms with Crippen molar-refractivity contribution in [1.29, 1.82) is 0 Å². The van der Waals surface area contributed by atoms with Crippen molar-refractivity contribution in [2.24, 2.45) is 5.41 Å². The van der Waals surface area contributed by atoms with Crippen LogP contribution in [0.3, 0.4) is 0 Å². The first kappa shape index (κ1) is 16.2. The summed E-state index contributed by atoms with van der Waals surface area (Å²) < 4.78 is 0. The Balaban J connectivity index is 3.89. The second kappa shape index (κ2) is 8.32. The summed E-state index contributed by atoms with van der Waals surface area (Å²) in [6, 6.07) is 0. The lowest BCUT2D eigenvalue weighted by molar-refractivity contribution is -0.131. The number of aliphatic carboxylic acids is 1. The first-order chi connectivity index (χ1) is 7.90. The van der Waals surface area contributed by atoms with E-state index in [1.807, 2.05) is 6.92 Å². The molecule has 2 nitrogen and oxygen atoms in total. The molecule has 17 heavy (non-hydrogen) atoms. The molecular weight excluding hydrogens is 212 g/mol. The number of hydrogen-bond acceptors (Lipinski definition) is 1.